The molecule has 0 aliphatic carbocycles. The van der Waals surface area contributed by atoms with Gasteiger partial charge in [-0.25, -0.2) is 4.39 Å². The Kier molecular flexibility index (Phi) is 4.43. The molecule has 0 bridgehead atoms. The fourth-order valence-electron chi connectivity index (χ4n) is 2.28. The maximum absolute atomic E-state index is 13.9. The van der Waals surface area contributed by atoms with Gasteiger partial charge in [0.2, 0.25) is 0 Å². The van der Waals surface area contributed by atoms with Gasteiger partial charge < -0.3 is 4.74 Å². The van der Waals surface area contributed by atoms with Crippen LogP contribution in [0, 0.1) is 5.82 Å². The Balaban J connectivity index is 2.07. The van der Waals surface area contributed by atoms with Crippen molar-refractivity contribution in [2.45, 2.75) is 11.0 Å². The molecule has 7 heteroatoms. The van der Waals surface area contributed by atoms with Crippen LogP contribution < -0.4 is 4.74 Å². The lowest BCUT2D eigenvalue weighted by Gasteiger charge is -2.27. The van der Waals surface area contributed by atoms with Gasteiger partial charge in [0.25, 0.3) is 0 Å². The molecule has 0 saturated carbocycles. The summed E-state index contributed by atoms with van der Waals surface area (Å²) >= 11 is 7.71. The number of fused-ring (bicyclic) bond motifs is 1. The fraction of sp³-hybridized carbons (Fsp3) is 0.200. The number of nitrogens with zero attached hydrogens (tertiary/aromatic N) is 3. The highest BCUT2D eigenvalue weighted by molar-refractivity contribution is 7.99. The summed E-state index contributed by atoms with van der Waals surface area (Å²) in [4.78, 5) is 3.48. The number of hydrogen-bond donors (Lipinski definition) is 0. The first kappa shape index (κ1) is 15.0. The van der Waals surface area contributed by atoms with Crippen molar-refractivity contribution in [3.8, 4) is 16.9 Å². The number of thioether (sulfide) groups is 1. The van der Waals surface area contributed by atoms with Crippen LogP contribution in [-0.4, -0.2) is 18.4 Å². The Bertz CT molecular complexity index is 764. The van der Waals surface area contributed by atoms with Gasteiger partial charge in [0.15, 0.2) is 0 Å². The van der Waals surface area contributed by atoms with Gasteiger partial charge in [-0.05, 0) is 23.7 Å². The number of halogens is 2. The largest absolute Gasteiger partial charge is 0.488 e. The highest BCUT2D eigenvalue weighted by Gasteiger charge is 2.24. The Hall–Kier alpha value is -1.88. The molecule has 2 aromatic carbocycles. The lowest BCUT2D eigenvalue weighted by molar-refractivity contribution is 0.224. The number of ether oxygens (including phenoxy) is 1. The summed E-state index contributed by atoms with van der Waals surface area (Å²) in [5.74, 6) is 0.861. The molecule has 0 saturated heterocycles. The average Bonchev–Trinajstić information content (AvgIpc) is 2.53. The molecule has 2 aromatic rings. The van der Waals surface area contributed by atoms with E-state index in [1.165, 1.54) is 23.9 Å². The van der Waals surface area contributed by atoms with E-state index < -0.39 is 0 Å². The highest BCUT2D eigenvalue weighted by Crippen LogP contribution is 2.44. The number of hydrogen-bond acceptors (Lipinski definition) is 3. The van der Waals surface area contributed by atoms with Crippen LogP contribution in [0.25, 0.3) is 21.6 Å². The second kappa shape index (κ2) is 6.48. The van der Waals surface area contributed by atoms with E-state index >= 15 is 0 Å². The van der Waals surface area contributed by atoms with Crippen molar-refractivity contribution >= 4 is 23.4 Å². The van der Waals surface area contributed by atoms with Gasteiger partial charge in [-0.2, -0.15) is 0 Å². The molecule has 3 rings (SSSR count). The molecule has 1 aliphatic heterocycles. The van der Waals surface area contributed by atoms with E-state index in [1.54, 1.807) is 6.07 Å². The molecule has 0 aromatic heterocycles. The van der Waals surface area contributed by atoms with Crippen LogP contribution in [0.5, 0.6) is 5.75 Å². The van der Waals surface area contributed by atoms with E-state index in [-0.39, 0.29) is 18.5 Å². The van der Waals surface area contributed by atoms with Crippen LogP contribution in [-0.2, 0) is 0 Å². The molecular weight excluding hydrogens is 325 g/mol. The van der Waals surface area contributed by atoms with Crippen LogP contribution in [0.2, 0.25) is 5.02 Å². The standard InChI is InChI=1S/C15H11ClFN3OS/c16-13-4-2-1-3-11(13)12-5-9(17)6-14-15(12)21-10(8-22-14)7-19-20-18/h1-6,10H,7-8H2. The minimum atomic E-state index is -0.335. The predicted molar refractivity (Wildman–Crippen MR) is 86.0 cm³/mol. The van der Waals surface area contributed by atoms with E-state index in [0.717, 1.165) is 4.90 Å². The zero-order valence-electron chi connectivity index (χ0n) is 11.4. The molecule has 1 unspecified atom stereocenters. The smallest absolute Gasteiger partial charge is 0.141 e. The fourth-order valence-corrected chi connectivity index (χ4v) is 3.54. The Labute approximate surface area is 135 Å². The maximum atomic E-state index is 13.9. The first-order chi connectivity index (χ1) is 10.7. The topological polar surface area (TPSA) is 58.0 Å². The molecular formula is C15H11ClFN3OS. The van der Waals surface area contributed by atoms with Gasteiger partial charge in [-0.15, -0.1) is 11.8 Å². The Morgan fingerprint density at radius 2 is 2.18 bits per heavy atom. The van der Waals surface area contributed by atoms with Crippen LogP contribution in [0.15, 0.2) is 46.4 Å². The minimum Gasteiger partial charge on any atom is -0.488 e. The minimum absolute atomic E-state index is 0.236. The van der Waals surface area contributed by atoms with Crippen molar-refractivity contribution < 1.29 is 9.13 Å². The molecule has 0 fully saturated rings. The second-order valence-electron chi connectivity index (χ2n) is 4.72. The highest BCUT2D eigenvalue weighted by atomic mass is 35.5. The molecule has 112 valence electrons. The van der Waals surface area contributed by atoms with Crippen LogP contribution in [0.4, 0.5) is 4.39 Å². The van der Waals surface area contributed by atoms with Crippen LogP contribution in [0.3, 0.4) is 0 Å². The molecule has 0 radical (unpaired) electrons. The third-order valence-electron chi connectivity index (χ3n) is 3.24. The molecule has 0 spiro atoms. The number of rotatable bonds is 3. The third-order valence-corrected chi connectivity index (χ3v) is 4.72. The summed E-state index contributed by atoms with van der Waals surface area (Å²) in [6.45, 7) is 0.238. The lowest BCUT2D eigenvalue weighted by Crippen LogP contribution is -2.26. The monoisotopic (exact) mass is 335 g/mol. The van der Waals surface area contributed by atoms with Crippen molar-refractivity contribution in [1.29, 1.82) is 0 Å². The predicted octanol–water partition coefficient (Wildman–Crippen LogP) is 5.31. The van der Waals surface area contributed by atoms with E-state index in [4.69, 9.17) is 21.9 Å². The van der Waals surface area contributed by atoms with Crippen molar-refractivity contribution in [2.75, 3.05) is 12.3 Å². The second-order valence-corrected chi connectivity index (χ2v) is 6.19. The van der Waals surface area contributed by atoms with Crippen LogP contribution in [0.1, 0.15) is 0 Å². The maximum Gasteiger partial charge on any atom is 0.141 e. The summed E-state index contributed by atoms with van der Waals surface area (Å²) in [5, 5.41) is 4.08. The molecule has 1 aliphatic rings. The Morgan fingerprint density at radius 1 is 1.36 bits per heavy atom. The van der Waals surface area contributed by atoms with E-state index in [2.05, 4.69) is 10.0 Å². The average molecular weight is 336 g/mol. The van der Waals surface area contributed by atoms with Crippen molar-refractivity contribution in [2.24, 2.45) is 5.11 Å². The summed E-state index contributed by atoms with van der Waals surface area (Å²) in [5.41, 5.74) is 9.75. The quantitative estimate of drug-likeness (QED) is 0.433. The van der Waals surface area contributed by atoms with Gasteiger partial charge in [-0.3, -0.25) is 0 Å². The number of azide groups is 1. The van der Waals surface area contributed by atoms with Gasteiger partial charge in [0, 0.05) is 26.8 Å². The molecule has 1 atom stereocenters. The summed E-state index contributed by atoms with van der Waals surface area (Å²) in [7, 11) is 0. The SMILES string of the molecule is [N-]=[N+]=NCC1CSc2cc(F)cc(-c3ccccc3Cl)c2O1. The third kappa shape index (κ3) is 2.99. The van der Waals surface area contributed by atoms with Gasteiger partial charge in [-0.1, -0.05) is 34.9 Å². The first-order valence-corrected chi connectivity index (χ1v) is 7.94. The van der Waals surface area contributed by atoms with Crippen molar-refractivity contribution in [1.82, 2.24) is 0 Å². The van der Waals surface area contributed by atoms with Crippen molar-refractivity contribution in [3.63, 3.8) is 0 Å². The Morgan fingerprint density at radius 3 is 2.95 bits per heavy atom. The van der Waals surface area contributed by atoms with E-state index in [1.807, 2.05) is 18.2 Å². The normalized spacial score (nSPS) is 16.4. The molecule has 22 heavy (non-hydrogen) atoms. The number of benzene rings is 2. The van der Waals surface area contributed by atoms with E-state index in [0.29, 0.717) is 27.7 Å². The molecule has 0 amide bonds. The molecule has 1 heterocycles. The summed E-state index contributed by atoms with van der Waals surface area (Å²) < 4.78 is 19.8. The molecule has 4 nitrogen and oxygen atoms in total. The first-order valence-electron chi connectivity index (χ1n) is 6.58. The van der Waals surface area contributed by atoms with Crippen LogP contribution >= 0.6 is 23.4 Å². The zero-order chi connectivity index (χ0) is 15.5. The van der Waals surface area contributed by atoms with Gasteiger partial charge in [0.1, 0.15) is 17.7 Å². The van der Waals surface area contributed by atoms with Crippen molar-refractivity contribution in [3.05, 3.63) is 57.7 Å². The van der Waals surface area contributed by atoms with Gasteiger partial charge >= 0.3 is 0 Å². The zero-order valence-corrected chi connectivity index (χ0v) is 12.9. The van der Waals surface area contributed by atoms with E-state index in [9.17, 15) is 4.39 Å². The van der Waals surface area contributed by atoms with Gasteiger partial charge in [0.05, 0.1) is 11.4 Å². The lowest BCUT2D eigenvalue weighted by atomic mass is 10.0. The summed E-state index contributed by atoms with van der Waals surface area (Å²) in [6.07, 6.45) is -0.236. The molecule has 0 N–H and O–H groups in total. The summed E-state index contributed by atoms with van der Waals surface area (Å²) in [6, 6.07) is 10.1.